The molecule has 0 radical (unpaired) electrons. The van der Waals surface area contributed by atoms with Crippen LogP contribution in [0.5, 0.6) is 0 Å². The Morgan fingerprint density at radius 1 is 0.327 bits per heavy atom. The van der Waals surface area contributed by atoms with Gasteiger partial charge in [0.2, 0.25) is 0 Å². The summed E-state index contributed by atoms with van der Waals surface area (Å²) >= 11 is 0. The molecular weight excluding hydrogens is 597 g/mol. The lowest BCUT2D eigenvalue weighted by atomic mass is 9.92. The number of aromatic nitrogens is 2. The van der Waals surface area contributed by atoms with Crippen LogP contribution >= 0.6 is 0 Å². The summed E-state index contributed by atoms with van der Waals surface area (Å²) in [5, 5.41) is 9.77. The standard InChI is InChI=1S/C46H28N2O/c1-3-12-29(13-4-1)42-28-43(48-46(47-42)30-14-5-2-6-15-30)40-21-11-20-39-38-25-23-32(27-44(38)49-45(39)40)31-22-24-37-35-18-8-7-16-33(35)34-17-9-10-19-36(34)41(37)26-31/h1-28H. The van der Waals surface area contributed by atoms with Crippen molar-refractivity contribution in [2.24, 2.45) is 0 Å². The predicted molar refractivity (Wildman–Crippen MR) is 204 cm³/mol. The first-order valence-electron chi connectivity index (χ1n) is 16.6. The Kier molecular flexibility index (Phi) is 6.18. The van der Waals surface area contributed by atoms with Crippen molar-refractivity contribution < 1.29 is 4.42 Å². The van der Waals surface area contributed by atoms with Gasteiger partial charge in [-0.3, -0.25) is 0 Å². The number of rotatable bonds is 4. The lowest BCUT2D eigenvalue weighted by Gasteiger charge is -2.12. The number of furan rings is 1. The molecule has 2 heterocycles. The molecule has 0 spiro atoms. The van der Waals surface area contributed by atoms with Gasteiger partial charge in [-0.25, -0.2) is 9.97 Å². The van der Waals surface area contributed by atoms with Crippen molar-refractivity contribution in [3.63, 3.8) is 0 Å². The normalized spacial score (nSPS) is 11.7. The van der Waals surface area contributed by atoms with E-state index in [0.717, 1.165) is 61.1 Å². The molecule has 49 heavy (non-hydrogen) atoms. The van der Waals surface area contributed by atoms with E-state index in [9.17, 15) is 0 Å². The number of hydrogen-bond acceptors (Lipinski definition) is 3. The maximum atomic E-state index is 6.75. The number of nitrogens with zero attached hydrogens (tertiary/aromatic N) is 2. The lowest BCUT2D eigenvalue weighted by molar-refractivity contribution is 0.670. The summed E-state index contributed by atoms with van der Waals surface area (Å²) < 4.78 is 6.75. The third kappa shape index (κ3) is 4.51. The van der Waals surface area contributed by atoms with Crippen LogP contribution in [0.1, 0.15) is 0 Å². The Bertz CT molecular complexity index is 2780. The van der Waals surface area contributed by atoms with E-state index in [0.29, 0.717) is 5.82 Å². The summed E-state index contributed by atoms with van der Waals surface area (Å²) in [6.07, 6.45) is 0. The molecule has 10 rings (SSSR count). The molecule has 0 N–H and O–H groups in total. The van der Waals surface area contributed by atoms with Gasteiger partial charge in [0.05, 0.1) is 11.4 Å². The summed E-state index contributed by atoms with van der Waals surface area (Å²) in [7, 11) is 0. The van der Waals surface area contributed by atoms with Gasteiger partial charge >= 0.3 is 0 Å². The van der Waals surface area contributed by atoms with Crippen molar-refractivity contribution in [2.45, 2.75) is 0 Å². The van der Waals surface area contributed by atoms with Gasteiger partial charge in [0.1, 0.15) is 11.2 Å². The monoisotopic (exact) mass is 624 g/mol. The van der Waals surface area contributed by atoms with Gasteiger partial charge in [-0.1, -0.05) is 140 Å². The Balaban J connectivity index is 1.14. The molecule has 0 fully saturated rings. The molecule has 3 nitrogen and oxygen atoms in total. The van der Waals surface area contributed by atoms with Gasteiger partial charge < -0.3 is 4.42 Å². The van der Waals surface area contributed by atoms with Crippen LogP contribution in [0.2, 0.25) is 0 Å². The van der Waals surface area contributed by atoms with Crippen molar-refractivity contribution in [1.29, 1.82) is 0 Å². The van der Waals surface area contributed by atoms with Crippen LogP contribution < -0.4 is 0 Å². The quantitative estimate of drug-likeness (QED) is 0.183. The van der Waals surface area contributed by atoms with Crippen LogP contribution in [0.15, 0.2) is 174 Å². The van der Waals surface area contributed by atoms with E-state index in [1.165, 1.54) is 32.3 Å². The van der Waals surface area contributed by atoms with Gasteiger partial charge in [0, 0.05) is 27.5 Å². The Labute approximate surface area is 282 Å². The topological polar surface area (TPSA) is 38.9 Å². The minimum atomic E-state index is 0.684. The molecule has 0 aliphatic heterocycles. The van der Waals surface area contributed by atoms with Crippen LogP contribution in [0.25, 0.3) is 99.3 Å². The average Bonchev–Trinajstić information content (AvgIpc) is 3.56. The molecule has 0 amide bonds. The fourth-order valence-corrected chi connectivity index (χ4v) is 7.33. The van der Waals surface area contributed by atoms with Gasteiger partial charge in [0.15, 0.2) is 5.82 Å². The first-order valence-corrected chi connectivity index (χ1v) is 16.6. The second-order valence-electron chi connectivity index (χ2n) is 12.5. The maximum absolute atomic E-state index is 6.75. The maximum Gasteiger partial charge on any atom is 0.160 e. The zero-order chi connectivity index (χ0) is 32.3. The highest BCUT2D eigenvalue weighted by atomic mass is 16.3. The van der Waals surface area contributed by atoms with Gasteiger partial charge in [-0.2, -0.15) is 0 Å². The van der Waals surface area contributed by atoms with E-state index < -0.39 is 0 Å². The van der Waals surface area contributed by atoms with Crippen LogP contribution in [0, 0.1) is 0 Å². The highest BCUT2D eigenvalue weighted by Crippen LogP contribution is 2.40. The summed E-state index contributed by atoms with van der Waals surface area (Å²) in [6, 6.07) is 59.6. The molecule has 10 aromatic rings. The lowest BCUT2D eigenvalue weighted by Crippen LogP contribution is -1.96. The van der Waals surface area contributed by atoms with Crippen LogP contribution in [0.4, 0.5) is 0 Å². The van der Waals surface area contributed by atoms with E-state index in [-0.39, 0.29) is 0 Å². The smallest absolute Gasteiger partial charge is 0.160 e. The average molecular weight is 625 g/mol. The minimum absolute atomic E-state index is 0.684. The molecule has 0 saturated heterocycles. The SMILES string of the molecule is c1ccc(-c2cc(-c3cccc4c3oc3cc(-c5ccc6c7ccccc7c7ccccc7c6c5)ccc34)nc(-c3ccccc3)n2)cc1. The van der Waals surface area contributed by atoms with Crippen LogP contribution in [0.3, 0.4) is 0 Å². The predicted octanol–water partition coefficient (Wildman–Crippen LogP) is 12.5. The number of benzene rings is 8. The van der Waals surface area contributed by atoms with E-state index >= 15 is 0 Å². The zero-order valence-electron chi connectivity index (χ0n) is 26.5. The molecule has 2 aromatic heterocycles. The van der Waals surface area contributed by atoms with Crippen molar-refractivity contribution in [2.75, 3.05) is 0 Å². The molecule has 0 saturated carbocycles. The first-order chi connectivity index (χ1) is 24.3. The molecule has 3 heteroatoms. The summed E-state index contributed by atoms with van der Waals surface area (Å²) in [6.45, 7) is 0. The minimum Gasteiger partial charge on any atom is -0.455 e. The summed E-state index contributed by atoms with van der Waals surface area (Å²) in [5.74, 6) is 0.684. The van der Waals surface area contributed by atoms with E-state index in [1.54, 1.807) is 0 Å². The fourth-order valence-electron chi connectivity index (χ4n) is 7.33. The number of fused-ring (bicyclic) bond motifs is 9. The van der Waals surface area contributed by atoms with Crippen LogP contribution in [-0.4, -0.2) is 9.97 Å². The number of hydrogen-bond donors (Lipinski definition) is 0. The molecule has 0 bridgehead atoms. The highest BCUT2D eigenvalue weighted by Gasteiger charge is 2.17. The van der Waals surface area contributed by atoms with Crippen molar-refractivity contribution in [3.8, 4) is 45.0 Å². The first kappa shape index (κ1) is 27.5. The largest absolute Gasteiger partial charge is 0.455 e. The van der Waals surface area contributed by atoms with E-state index in [1.807, 2.05) is 36.4 Å². The van der Waals surface area contributed by atoms with Gasteiger partial charge in [0.25, 0.3) is 0 Å². The van der Waals surface area contributed by atoms with Crippen molar-refractivity contribution >= 4 is 54.3 Å². The molecule has 0 aliphatic carbocycles. The molecular formula is C46H28N2O. The zero-order valence-corrected chi connectivity index (χ0v) is 26.5. The molecule has 0 atom stereocenters. The third-order valence-corrected chi connectivity index (χ3v) is 9.68. The van der Waals surface area contributed by atoms with Crippen molar-refractivity contribution in [3.05, 3.63) is 170 Å². The van der Waals surface area contributed by atoms with E-state index in [2.05, 4.69) is 133 Å². The Morgan fingerprint density at radius 2 is 0.857 bits per heavy atom. The summed E-state index contributed by atoms with van der Waals surface area (Å²) in [4.78, 5) is 10.1. The summed E-state index contributed by atoms with van der Waals surface area (Å²) in [5.41, 5.74) is 8.60. The molecule has 0 aliphatic rings. The third-order valence-electron chi connectivity index (χ3n) is 9.68. The van der Waals surface area contributed by atoms with Crippen molar-refractivity contribution in [1.82, 2.24) is 9.97 Å². The Morgan fingerprint density at radius 3 is 1.55 bits per heavy atom. The van der Waals surface area contributed by atoms with Crippen LogP contribution in [-0.2, 0) is 0 Å². The van der Waals surface area contributed by atoms with Gasteiger partial charge in [-0.05, 0) is 73.8 Å². The molecule has 0 unspecified atom stereocenters. The molecule has 8 aromatic carbocycles. The second kappa shape index (κ2) is 11.0. The highest BCUT2D eigenvalue weighted by molar-refractivity contribution is 6.25. The number of para-hydroxylation sites is 1. The van der Waals surface area contributed by atoms with E-state index in [4.69, 9.17) is 14.4 Å². The second-order valence-corrected chi connectivity index (χ2v) is 12.5. The fraction of sp³-hybridized carbons (Fsp3) is 0. The van der Waals surface area contributed by atoms with Gasteiger partial charge in [-0.15, -0.1) is 0 Å². The Hall–Kier alpha value is -6.58. The molecule has 228 valence electrons.